The Kier molecular flexibility index (Phi) is 4.74. The smallest absolute Gasteiger partial charge is 0.300 e. The van der Waals surface area contributed by atoms with Gasteiger partial charge in [-0.2, -0.15) is 26.3 Å². The number of nitrogens with one attached hydrogen (secondary N) is 1. The maximum atomic E-state index is 13.3. The van der Waals surface area contributed by atoms with Crippen molar-refractivity contribution in [1.29, 1.82) is 0 Å². The molecule has 20 heavy (non-hydrogen) atoms. The van der Waals surface area contributed by atoms with Gasteiger partial charge in [-0.05, 0) is 31.5 Å². The number of alkyl halides is 6. The fraction of sp³-hybridized carbons (Fsp3) is 0.538. The topological polar surface area (TPSA) is 12.0 Å². The Bertz CT molecular complexity index is 451. The average molecular weight is 299 g/mol. The Labute approximate surface area is 113 Å². The number of rotatable bonds is 4. The molecule has 1 rings (SSSR count). The first-order valence-electron chi connectivity index (χ1n) is 6.02. The summed E-state index contributed by atoms with van der Waals surface area (Å²) in [4.78, 5) is 0. The van der Waals surface area contributed by atoms with Crippen LogP contribution in [0.3, 0.4) is 0 Å². The lowest BCUT2D eigenvalue weighted by Crippen LogP contribution is -2.52. The van der Waals surface area contributed by atoms with Gasteiger partial charge in [0.15, 0.2) is 0 Å². The van der Waals surface area contributed by atoms with Gasteiger partial charge >= 0.3 is 12.4 Å². The molecule has 0 spiro atoms. The Morgan fingerprint density at radius 2 is 1.45 bits per heavy atom. The summed E-state index contributed by atoms with van der Waals surface area (Å²) < 4.78 is 78.4. The predicted molar refractivity (Wildman–Crippen MR) is 63.1 cm³/mol. The highest BCUT2D eigenvalue weighted by Gasteiger charge is 2.54. The Balaban J connectivity index is 3.43. The second-order valence-electron chi connectivity index (χ2n) is 4.59. The van der Waals surface area contributed by atoms with Gasteiger partial charge in [0.25, 0.3) is 0 Å². The van der Waals surface area contributed by atoms with E-state index in [2.05, 4.69) is 5.32 Å². The zero-order chi connectivity index (χ0) is 15.6. The lowest BCUT2D eigenvalue weighted by atomic mass is 9.87. The van der Waals surface area contributed by atoms with Gasteiger partial charge in [0.05, 0.1) is 5.56 Å². The molecule has 7 heteroatoms. The van der Waals surface area contributed by atoms with Crippen LogP contribution < -0.4 is 5.32 Å². The van der Waals surface area contributed by atoms with Crippen LogP contribution in [0.1, 0.15) is 31.4 Å². The van der Waals surface area contributed by atoms with Crippen molar-refractivity contribution in [1.82, 2.24) is 5.32 Å². The summed E-state index contributed by atoms with van der Waals surface area (Å²) in [6.07, 6.45) is -9.31. The van der Waals surface area contributed by atoms with E-state index in [0.29, 0.717) is 12.5 Å². The Hall–Kier alpha value is -1.24. The largest absolute Gasteiger partial charge is 0.416 e. The first-order valence-corrected chi connectivity index (χ1v) is 6.02. The third kappa shape index (κ3) is 3.26. The molecule has 0 heterocycles. The zero-order valence-corrected chi connectivity index (χ0v) is 11.0. The third-order valence-electron chi connectivity index (χ3n) is 3.07. The molecule has 114 valence electrons. The Morgan fingerprint density at radius 3 is 1.85 bits per heavy atom. The van der Waals surface area contributed by atoms with Crippen LogP contribution in [-0.4, -0.2) is 12.7 Å². The normalized spacial score (nSPS) is 16.0. The fourth-order valence-corrected chi connectivity index (χ4v) is 1.89. The van der Waals surface area contributed by atoms with E-state index in [1.807, 2.05) is 0 Å². The number of hydrogen-bond donors (Lipinski definition) is 1. The van der Waals surface area contributed by atoms with E-state index >= 15 is 0 Å². The first-order chi connectivity index (χ1) is 9.04. The number of halogens is 6. The van der Waals surface area contributed by atoms with Crippen LogP contribution in [0.4, 0.5) is 26.3 Å². The highest BCUT2D eigenvalue weighted by Crippen LogP contribution is 2.44. The molecule has 1 unspecified atom stereocenters. The van der Waals surface area contributed by atoms with Gasteiger partial charge in [-0.3, -0.25) is 0 Å². The minimum Gasteiger partial charge on any atom is -0.300 e. The van der Waals surface area contributed by atoms with Crippen molar-refractivity contribution < 1.29 is 26.3 Å². The zero-order valence-electron chi connectivity index (χ0n) is 11.0. The van der Waals surface area contributed by atoms with Crippen molar-refractivity contribution in [2.75, 3.05) is 6.54 Å². The van der Waals surface area contributed by atoms with Crippen LogP contribution in [0.2, 0.25) is 0 Å². The molecule has 0 aromatic heterocycles. The van der Waals surface area contributed by atoms with E-state index in [1.165, 1.54) is 6.07 Å². The summed E-state index contributed by atoms with van der Waals surface area (Å²) in [5.41, 5.74) is -4.83. The SMILES string of the molecule is CCCNC(C)(c1ccccc1C(F)(F)F)C(F)(F)F. The second-order valence-corrected chi connectivity index (χ2v) is 4.59. The highest BCUT2D eigenvalue weighted by atomic mass is 19.4. The lowest BCUT2D eigenvalue weighted by molar-refractivity contribution is -0.198. The van der Waals surface area contributed by atoms with E-state index in [0.717, 1.165) is 19.1 Å². The summed E-state index contributed by atoms with van der Waals surface area (Å²) in [6.45, 7) is 2.33. The predicted octanol–water partition coefficient (Wildman–Crippen LogP) is 4.48. The van der Waals surface area contributed by atoms with Crippen molar-refractivity contribution in [3.63, 3.8) is 0 Å². The summed E-state index contributed by atoms with van der Waals surface area (Å²) in [6, 6.07) is 3.76. The van der Waals surface area contributed by atoms with E-state index in [1.54, 1.807) is 6.92 Å². The van der Waals surface area contributed by atoms with Crippen molar-refractivity contribution in [3.8, 4) is 0 Å². The Morgan fingerprint density at radius 1 is 0.950 bits per heavy atom. The summed E-state index contributed by atoms with van der Waals surface area (Å²) in [5, 5.41) is 2.19. The maximum absolute atomic E-state index is 13.3. The van der Waals surface area contributed by atoms with Crippen LogP contribution in [0.25, 0.3) is 0 Å². The molecular formula is C13H15F6N. The monoisotopic (exact) mass is 299 g/mol. The third-order valence-corrected chi connectivity index (χ3v) is 3.07. The van der Waals surface area contributed by atoms with Crippen LogP contribution in [0.15, 0.2) is 24.3 Å². The quantitative estimate of drug-likeness (QED) is 0.808. The minimum absolute atomic E-state index is 0.0395. The van der Waals surface area contributed by atoms with E-state index in [4.69, 9.17) is 0 Å². The summed E-state index contributed by atoms with van der Waals surface area (Å²) in [5.74, 6) is 0. The molecule has 1 N–H and O–H groups in total. The van der Waals surface area contributed by atoms with Crippen molar-refractivity contribution in [2.24, 2.45) is 0 Å². The average Bonchev–Trinajstić information content (AvgIpc) is 2.33. The molecule has 0 aliphatic carbocycles. The number of benzene rings is 1. The molecule has 1 aromatic rings. The minimum atomic E-state index is -4.84. The standard InChI is InChI=1S/C13H15F6N/c1-3-8-20-11(2,13(17,18)19)9-6-4-5-7-10(9)12(14,15)16/h4-7,20H,3,8H2,1-2H3. The molecule has 1 atom stereocenters. The van der Waals surface area contributed by atoms with Gasteiger partial charge in [-0.1, -0.05) is 25.1 Å². The molecule has 0 bridgehead atoms. The van der Waals surface area contributed by atoms with Gasteiger partial charge < -0.3 is 5.32 Å². The van der Waals surface area contributed by atoms with E-state index in [9.17, 15) is 26.3 Å². The van der Waals surface area contributed by atoms with Gasteiger partial charge in [-0.15, -0.1) is 0 Å². The lowest BCUT2D eigenvalue weighted by Gasteiger charge is -2.35. The van der Waals surface area contributed by atoms with Gasteiger partial charge in [0, 0.05) is 0 Å². The van der Waals surface area contributed by atoms with Gasteiger partial charge in [0.1, 0.15) is 5.54 Å². The van der Waals surface area contributed by atoms with Gasteiger partial charge in [0.2, 0.25) is 0 Å². The maximum Gasteiger partial charge on any atom is 0.416 e. The molecule has 0 aliphatic heterocycles. The van der Waals surface area contributed by atoms with Crippen LogP contribution >= 0.6 is 0 Å². The summed E-state index contributed by atoms with van der Waals surface area (Å²) in [7, 11) is 0. The molecule has 1 aromatic carbocycles. The van der Waals surface area contributed by atoms with Crippen molar-refractivity contribution in [2.45, 2.75) is 38.2 Å². The molecular weight excluding hydrogens is 284 g/mol. The molecule has 0 aliphatic rings. The number of hydrogen-bond acceptors (Lipinski definition) is 1. The van der Waals surface area contributed by atoms with Crippen molar-refractivity contribution in [3.05, 3.63) is 35.4 Å². The van der Waals surface area contributed by atoms with E-state index in [-0.39, 0.29) is 6.54 Å². The van der Waals surface area contributed by atoms with Crippen molar-refractivity contribution >= 4 is 0 Å². The molecule has 0 saturated heterocycles. The first kappa shape index (κ1) is 16.8. The molecule has 1 nitrogen and oxygen atoms in total. The fourth-order valence-electron chi connectivity index (χ4n) is 1.89. The van der Waals surface area contributed by atoms with Gasteiger partial charge in [-0.25, -0.2) is 0 Å². The molecule has 0 fully saturated rings. The van der Waals surface area contributed by atoms with Crippen LogP contribution in [-0.2, 0) is 11.7 Å². The second kappa shape index (κ2) is 5.63. The highest BCUT2D eigenvalue weighted by molar-refractivity contribution is 5.36. The molecule has 0 saturated carbocycles. The summed E-state index contributed by atoms with van der Waals surface area (Å²) >= 11 is 0. The van der Waals surface area contributed by atoms with Crippen LogP contribution in [0.5, 0.6) is 0 Å². The van der Waals surface area contributed by atoms with Crippen LogP contribution in [0, 0.1) is 0 Å². The molecule has 0 amide bonds. The van der Waals surface area contributed by atoms with E-state index < -0.39 is 29.0 Å². The molecule has 0 radical (unpaired) electrons.